The molecule has 0 radical (unpaired) electrons. The fraction of sp³-hybridized carbons (Fsp3) is 0.150. The maximum atomic E-state index is 11.9. The standard InChI is InChI=1S/C20H16N2O7/c1-9-16(23)10(2)19(25)29-17(9)15-8-11-7-12(3-4-14(11)28-15)27-6-5-13-18(24)22-20(26)21-13/h3-5,7-8,23H,6H2,1-2H3,(H2,21,22,24,26)/b13-5+. The molecule has 3 heterocycles. The fourth-order valence-corrected chi connectivity index (χ4v) is 2.94. The summed E-state index contributed by atoms with van der Waals surface area (Å²) in [6, 6.07) is 6.18. The molecular weight excluding hydrogens is 380 g/mol. The highest BCUT2D eigenvalue weighted by atomic mass is 16.5. The molecular formula is C20H16N2O7. The summed E-state index contributed by atoms with van der Waals surface area (Å²) in [5.41, 5.74) is 0.575. The maximum Gasteiger partial charge on any atom is 0.343 e. The maximum absolute atomic E-state index is 11.9. The van der Waals surface area contributed by atoms with Crippen LogP contribution in [-0.4, -0.2) is 23.7 Å². The lowest BCUT2D eigenvalue weighted by Crippen LogP contribution is -2.22. The van der Waals surface area contributed by atoms with Gasteiger partial charge in [-0.25, -0.2) is 9.59 Å². The van der Waals surface area contributed by atoms with E-state index < -0.39 is 17.6 Å². The number of carbonyl (C=O) groups excluding carboxylic acids is 2. The summed E-state index contributed by atoms with van der Waals surface area (Å²) in [5, 5.41) is 15.3. The van der Waals surface area contributed by atoms with Crippen LogP contribution >= 0.6 is 0 Å². The Kier molecular flexibility index (Phi) is 4.34. The lowest BCUT2D eigenvalue weighted by atomic mass is 10.1. The molecule has 9 nitrogen and oxygen atoms in total. The van der Waals surface area contributed by atoms with Crippen LogP contribution in [0, 0.1) is 13.8 Å². The van der Waals surface area contributed by atoms with E-state index in [2.05, 4.69) is 10.6 Å². The van der Waals surface area contributed by atoms with Gasteiger partial charge in [0.1, 0.15) is 29.4 Å². The zero-order valence-corrected chi connectivity index (χ0v) is 15.5. The Hall–Kier alpha value is -4.01. The van der Waals surface area contributed by atoms with E-state index in [0.29, 0.717) is 28.0 Å². The minimum atomic E-state index is -0.636. The summed E-state index contributed by atoms with van der Waals surface area (Å²) in [7, 11) is 0. The Morgan fingerprint density at radius 1 is 1.07 bits per heavy atom. The number of amides is 3. The summed E-state index contributed by atoms with van der Waals surface area (Å²) in [4.78, 5) is 34.4. The van der Waals surface area contributed by atoms with Gasteiger partial charge in [-0.3, -0.25) is 10.1 Å². The molecule has 4 rings (SSSR count). The largest absolute Gasteiger partial charge is 0.507 e. The van der Waals surface area contributed by atoms with Crippen LogP contribution in [0.2, 0.25) is 0 Å². The summed E-state index contributed by atoms with van der Waals surface area (Å²) in [5.74, 6) is 0.332. The van der Waals surface area contributed by atoms with Gasteiger partial charge in [0.05, 0.1) is 5.56 Å². The first-order valence-electron chi connectivity index (χ1n) is 8.66. The molecule has 1 aromatic carbocycles. The lowest BCUT2D eigenvalue weighted by molar-refractivity contribution is -0.115. The third-order valence-electron chi connectivity index (χ3n) is 4.52. The lowest BCUT2D eigenvalue weighted by Gasteiger charge is -2.05. The van der Waals surface area contributed by atoms with Gasteiger partial charge < -0.3 is 24.0 Å². The van der Waals surface area contributed by atoms with E-state index in [0.717, 1.165) is 0 Å². The van der Waals surface area contributed by atoms with Crippen molar-refractivity contribution in [1.29, 1.82) is 0 Å². The number of fused-ring (bicyclic) bond motifs is 1. The van der Waals surface area contributed by atoms with Gasteiger partial charge in [-0.2, -0.15) is 0 Å². The Morgan fingerprint density at radius 2 is 1.86 bits per heavy atom. The number of carbonyl (C=O) groups is 2. The van der Waals surface area contributed by atoms with Gasteiger partial charge in [0.25, 0.3) is 5.91 Å². The smallest absolute Gasteiger partial charge is 0.343 e. The van der Waals surface area contributed by atoms with Crippen molar-refractivity contribution in [2.75, 3.05) is 6.61 Å². The summed E-state index contributed by atoms with van der Waals surface area (Å²) in [6.45, 7) is 3.18. The SMILES string of the molecule is Cc1c(-c2cc3cc(OC/C=C4/NC(=O)NC4=O)ccc3o2)oc(=O)c(C)c1O. The van der Waals surface area contributed by atoms with Gasteiger partial charge in [-0.15, -0.1) is 0 Å². The second-order valence-corrected chi connectivity index (χ2v) is 6.46. The normalized spacial score (nSPS) is 15.0. The number of aromatic hydroxyl groups is 1. The molecule has 3 amide bonds. The number of hydrogen-bond donors (Lipinski definition) is 3. The van der Waals surface area contributed by atoms with Crippen molar-refractivity contribution < 1.29 is 28.3 Å². The number of imide groups is 1. The van der Waals surface area contributed by atoms with Crippen molar-refractivity contribution in [2.24, 2.45) is 0 Å². The van der Waals surface area contributed by atoms with Crippen LogP contribution in [0.3, 0.4) is 0 Å². The van der Waals surface area contributed by atoms with Crippen molar-refractivity contribution in [3.63, 3.8) is 0 Å². The third-order valence-corrected chi connectivity index (χ3v) is 4.52. The Bertz CT molecular complexity index is 1250. The highest BCUT2D eigenvalue weighted by Crippen LogP contribution is 2.34. The monoisotopic (exact) mass is 396 g/mol. The van der Waals surface area contributed by atoms with Crippen LogP contribution in [0.15, 0.2) is 49.7 Å². The Balaban J connectivity index is 1.59. The second-order valence-electron chi connectivity index (χ2n) is 6.46. The van der Waals surface area contributed by atoms with E-state index >= 15 is 0 Å². The predicted molar refractivity (Wildman–Crippen MR) is 102 cm³/mol. The molecule has 29 heavy (non-hydrogen) atoms. The summed E-state index contributed by atoms with van der Waals surface area (Å²) in [6.07, 6.45) is 1.46. The molecule has 9 heteroatoms. The van der Waals surface area contributed by atoms with E-state index in [4.69, 9.17) is 13.6 Å². The minimum absolute atomic E-state index is 0.0685. The molecule has 0 bridgehead atoms. The molecule has 3 N–H and O–H groups in total. The molecule has 2 aromatic heterocycles. The number of furan rings is 1. The molecule has 1 saturated heterocycles. The highest BCUT2D eigenvalue weighted by molar-refractivity contribution is 6.11. The van der Waals surface area contributed by atoms with E-state index in [1.165, 1.54) is 13.0 Å². The van der Waals surface area contributed by atoms with E-state index in [-0.39, 0.29) is 29.4 Å². The average molecular weight is 396 g/mol. The van der Waals surface area contributed by atoms with E-state index in [9.17, 15) is 19.5 Å². The predicted octanol–water partition coefficient (Wildman–Crippen LogP) is 2.48. The van der Waals surface area contributed by atoms with Gasteiger partial charge in [-0.05, 0) is 44.2 Å². The Morgan fingerprint density at radius 3 is 2.59 bits per heavy atom. The van der Waals surface area contributed by atoms with Crippen LogP contribution in [0.5, 0.6) is 11.5 Å². The zero-order chi connectivity index (χ0) is 20.7. The van der Waals surface area contributed by atoms with E-state index in [1.54, 1.807) is 31.2 Å². The Labute approximate surface area is 163 Å². The van der Waals surface area contributed by atoms with Gasteiger partial charge in [0, 0.05) is 10.9 Å². The second kappa shape index (κ2) is 6.86. The summed E-state index contributed by atoms with van der Waals surface area (Å²) >= 11 is 0. The van der Waals surface area contributed by atoms with Crippen LogP contribution < -0.4 is 21.0 Å². The molecule has 0 saturated carbocycles. The number of hydrogen-bond acceptors (Lipinski definition) is 7. The molecule has 1 fully saturated rings. The molecule has 148 valence electrons. The zero-order valence-electron chi connectivity index (χ0n) is 15.5. The third kappa shape index (κ3) is 3.33. The molecule has 3 aromatic rings. The number of urea groups is 1. The first-order valence-corrected chi connectivity index (χ1v) is 8.66. The van der Waals surface area contributed by atoms with E-state index in [1.807, 2.05) is 0 Å². The summed E-state index contributed by atoms with van der Waals surface area (Å²) < 4.78 is 16.6. The first-order chi connectivity index (χ1) is 13.8. The topological polar surface area (TPSA) is 131 Å². The van der Waals surface area contributed by atoms with Crippen molar-refractivity contribution in [3.8, 4) is 23.0 Å². The van der Waals surface area contributed by atoms with Crippen molar-refractivity contribution in [1.82, 2.24) is 10.6 Å². The molecule has 1 aliphatic rings. The fourth-order valence-electron chi connectivity index (χ4n) is 2.94. The molecule has 1 aliphatic heterocycles. The number of rotatable bonds is 4. The molecule has 0 aliphatic carbocycles. The van der Waals surface area contributed by atoms with Crippen LogP contribution in [0.25, 0.3) is 22.5 Å². The quantitative estimate of drug-likeness (QED) is 0.456. The van der Waals surface area contributed by atoms with Gasteiger partial charge in [0.15, 0.2) is 11.5 Å². The van der Waals surface area contributed by atoms with Crippen LogP contribution in [0.1, 0.15) is 11.1 Å². The molecule has 0 spiro atoms. The van der Waals surface area contributed by atoms with Crippen molar-refractivity contribution >= 4 is 22.9 Å². The van der Waals surface area contributed by atoms with Gasteiger partial charge in [0.2, 0.25) is 0 Å². The molecule has 0 atom stereocenters. The van der Waals surface area contributed by atoms with Crippen LogP contribution in [-0.2, 0) is 4.79 Å². The number of nitrogens with one attached hydrogen (secondary N) is 2. The van der Waals surface area contributed by atoms with Gasteiger partial charge in [-0.1, -0.05) is 0 Å². The minimum Gasteiger partial charge on any atom is -0.507 e. The number of benzene rings is 1. The number of ether oxygens (including phenoxy) is 1. The van der Waals surface area contributed by atoms with Crippen molar-refractivity contribution in [3.05, 3.63) is 57.6 Å². The molecule has 0 unspecified atom stereocenters. The van der Waals surface area contributed by atoms with Crippen molar-refractivity contribution in [2.45, 2.75) is 13.8 Å². The van der Waals surface area contributed by atoms with Crippen LogP contribution in [0.4, 0.5) is 4.79 Å². The highest BCUT2D eigenvalue weighted by Gasteiger charge is 2.22. The van der Waals surface area contributed by atoms with Gasteiger partial charge >= 0.3 is 11.7 Å². The first kappa shape index (κ1) is 18.4. The average Bonchev–Trinajstić information content (AvgIpc) is 3.25.